The monoisotopic (exact) mass is 245 g/mol. The maximum absolute atomic E-state index is 11.8. The highest BCUT2D eigenvalue weighted by Crippen LogP contribution is 2.34. The van der Waals surface area contributed by atoms with Crippen LogP contribution in [-0.2, 0) is 9.59 Å². The van der Waals surface area contributed by atoms with Crippen LogP contribution in [0.4, 0.5) is 0 Å². The van der Waals surface area contributed by atoms with Gasteiger partial charge in [-0.3, -0.25) is 14.9 Å². The number of imide groups is 1. The van der Waals surface area contributed by atoms with Crippen LogP contribution in [0.15, 0.2) is 29.6 Å². The van der Waals surface area contributed by atoms with Gasteiger partial charge in [0.1, 0.15) is 0 Å². The zero-order valence-electron chi connectivity index (χ0n) is 9.10. The van der Waals surface area contributed by atoms with Gasteiger partial charge in [-0.1, -0.05) is 18.2 Å². The number of thiophene rings is 1. The summed E-state index contributed by atoms with van der Waals surface area (Å²) in [5.41, 5.74) is 1.05. The lowest BCUT2D eigenvalue weighted by Crippen LogP contribution is -2.39. The maximum atomic E-state index is 11.8. The normalized spacial score (nSPS) is 20.6. The van der Waals surface area contributed by atoms with Crippen LogP contribution in [0.1, 0.15) is 24.3 Å². The van der Waals surface area contributed by atoms with E-state index in [0.717, 1.165) is 10.9 Å². The van der Waals surface area contributed by atoms with E-state index in [9.17, 15) is 9.59 Å². The Hall–Kier alpha value is -1.68. The topological polar surface area (TPSA) is 46.2 Å². The Morgan fingerprint density at radius 3 is 2.88 bits per heavy atom. The summed E-state index contributed by atoms with van der Waals surface area (Å²) >= 11 is 1.65. The summed E-state index contributed by atoms with van der Waals surface area (Å²) in [6.45, 7) is 0. The second-order valence-electron chi connectivity index (χ2n) is 4.19. The summed E-state index contributed by atoms with van der Waals surface area (Å²) in [5, 5.41) is 5.57. The molecule has 0 bridgehead atoms. The molecule has 1 fully saturated rings. The fourth-order valence-electron chi connectivity index (χ4n) is 2.26. The molecule has 1 atom stereocenters. The van der Waals surface area contributed by atoms with E-state index in [1.54, 1.807) is 11.3 Å². The molecule has 2 amide bonds. The van der Waals surface area contributed by atoms with Crippen molar-refractivity contribution in [3.63, 3.8) is 0 Å². The van der Waals surface area contributed by atoms with E-state index < -0.39 is 0 Å². The molecular weight excluding hydrogens is 234 g/mol. The first kappa shape index (κ1) is 10.5. The standard InChI is InChI=1S/C13H11NO2S/c15-12-6-5-9(13(16)14-12)10-7-17-11-4-2-1-3-8(10)11/h1-4,7,9H,5-6H2,(H,14,15,16). The molecule has 0 radical (unpaired) electrons. The van der Waals surface area contributed by atoms with E-state index in [0.29, 0.717) is 12.8 Å². The summed E-state index contributed by atoms with van der Waals surface area (Å²) < 4.78 is 1.19. The summed E-state index contributed by atoms with van der Waals surface area (Å²) in [6, 6.07) is 8.05. The predicted octanol–water partition coefficient (Wildman–Crippen LogP) is 2.42. The van der Waals surface area contributed by atoms with Crippen molar-refractivity contribution in [1.82, 2.24) is 5.32 Å². The Labute approximate surface area is 102 Å². The molecule has 86 valence electrons. The molecule has 1 aliphatic rings. The van der Waals surface area contributed by atoms with E-state index in [1.807, 2.05) is 23.6 Å². The molecule has 1 N–H and O–H groups in total. The predicted molar refractivity (Wildman–Crippen MR) is 66.9 cm³/mol. The lowest BCUT2D eigenvalue weighted by molar-refractivity contribution is -0.134. The number of carbonyl (C=O) groups excluding carboxylic acids is 2. The highest BCUT2D eigenvalue weighted by molar-refractivity contribution is 7.17. The fraction of sp³-hybridized carbons (Fsp3) is 0.231. The van der Waals surface area contributed by atoms with E-state index >= 15 is 0 Å². The lowest BCUT2D eigenvalue weighted by atomic mass is 9.90. The quantitative estimate of drug-likeness (QED) is 0.784. The van der Waals surface area contributed by atoms with Gasteiger partial charge in [-0.05, 0) is 28.8 Å². The van der Waals surface area contributed by atoms with Gasteiger partial charge in [0.2, 0.25) is 11.8 Å². The molecule has 4 heteroatoms. The van der Waals surface area contributed by atoms with Crippen molar-refractivity contribution in [2.75, 3.05) is 0 Å². The first-order valence-electron chi connectivity index (χ1n) is 5.55. The van der Waals surface area contributed by atoms with Gasteiger partial charge < -0.3 is 0 Å². The number of fused-ring (bicyclic) bond motifs is 1. The zero-order chi connectivity index (χ0) is 11.8. The molecule has 0 saturated carbocycles. The number of carbonyl (C=O) groups is 2. The van der Waals surface area contributed by atoms with Crippen LogP contribution in [-0.4, -0.2) is 11.8 Å². The molecule has 0 aliphatic carbocycles. The Bertz CT molecular complexity index is 602. The Morgan fingerprint density at radius 2 is 2.06 bits per heavy atom. The summed E-state index contributed by atoms with van der Waals surface area (Å²) in [5.74, 6) is -0.501. The molecule has 1 unspecified atom stereocenters. The summed E-state index contributed by atoms with van der Waals surface area (Å²) in [7, 11) is 0. The number of nitrogens with one attached hydrogen (secondary N) is 1. The summed E-state index contributed by atoms with van der Waals surface area (Å²) in [6.07, 6.45) is 1.05. The van der Waals surface area contributed by atoms with Crippen LogP contribution in [0.5, 0.6) is 0 Å². The third-order valence-corrected chi connectivity index (χ3v) is 4.11. The zero-order valence-corrected chi connectivity index (χ0v) is 9.92. The van der Waals surface area contributed by atoms with Crippen molar-refractivity contribution in [3.8, 4) is 0 Å². The minimum Gasteiger partial charge on any atom is -0.296 e. The van der Waals surface area contributed by atoms with Crippen molar-refractivity contribution >= 4 is 33.2 Å². The number of hydrogen-bond acceptors (Lipinski definition) is 3. The van der Waals surface area contributed by atoms with Crippen molar-refractivity contribution in [2.24, 2.45) is 0 Å². The third kappa shape index (κ3) is 1.74. The van der Waals surface area contributed by atoms with E-state index in [-0.39, 0.29) is 17.7 Å². The van der Waals surface area contributed by atoms with Crippen LogP contribution >= 0.6 is 11.3 Å². The fourth-order valence-corrected chi connectivity index (χ4v) is 3.27. The van der Waals surface area contributed by atoms with E-state index in [4.69, 9.17) is 0 Å². The summed E-state index contributed by atoms with van der Waals surface area (Å²) in [4.78, 5) is 22.9. The van der Waals surface area contributed by atoms with E-state index in [2.05, 4.69) is 11.4 Å². The number of hydrogen-bond donors (Lipinski definition) is 1. The van der Waals surface area contributed by atoms with Gasteiger partial charge >= 0.3 is 0 Å². The van der Waals surface area contributed by atoms with Crippen molar-refractivity contribution in [1.29, 1.82) is 0 Å². The van der Waals surface area contributed by atoms with Crippen LogP contribution < -0.4 is 5.32 Å². The van der Waals surface area contributed by atoms with Crippen LogP contribution in [0, 0.1) is 0 Å². The SMILES string of the molecule is O=C1CCC(c2csc3ccccc23)C(=O)N1. The molecule has 1 aliphatic heterocycles. The second-order valence-corrected chi connectivity index (χ2v) is 5.10. The lowest BCUT2D eigenvalue weighted by Gasteiger charge is -2.20. The van der Waals surface area contributed by atoms with Crippen LogP contribution in [0.3, 0.4) is 0 Å². The van der Waals surface area contributed by atoms with Crippen molar-refractivity contribution in [3.05, 3.63) is 35.2 Å². The molecule has 1 aromatic carbocycles. The van der Waals surface area contributed by atoms with Crippen LogP contribution in [0.2, 0.25) is 0 Å². The molecule has 0 spiro atoms. The molecule has 3 nitrogen and oxygen atoms in total. The minimum absolute atomic E-state index is 0.161. The Kier molecular flexibility index (Phi) is 2.44. The highest BCUT2D eigenvalue weighted by atomic mass is 32.1. The van der Waals surface area contributed by atoms with Crippen molar-refractivity contribution in [2.45, 2.75) is 18.8 Å². The molecule has 3 rings (SSSR count). The van der Waals surface area contributed by atoms with Gasteiger partial charge in [0.05, 0.1) is 5.92 Å². The Balaban J connectivity index is 2.04. The average molecular weight is 245 g/mol. The molecule has 17 heavy (non-hydrogen) atoms. The van der Waals surface area contributed by atoms with Gasteiger partial charge in [0.25, 0.3) is 0 Å². The third-order valence-electron chi connectivity index (χ3n) is 3.13. The minimum atomic E-state index is -0.177. The molecule has 1 saturated heterocycles. The van der Waals surface area contributed by atoms with Crippen LogP contribution in [0.25, 0.3) is 10.1 Å². The number of piperidine rings is 1. The molecule has 2 aromatic rings. The number of amides is 2. The molecular formula is C13H11NO2S. The van der Waals surface area contributed by atoms with Gasteiger partial charge in [-0.25, -0.2) is 0 Å². The van der Waals surface area contributed by atoms with E-state index in [1.165, 1.54) is 4.70 Å². The Morgan fingerprint density at radius 1 is 1.24 bits per heavy atom. The van der Waals surface area contributed by atoms with Gasteiger partial charge in [0.15, 0.2) is 0 Å². The molecule has 1 aromatic heterocycles. The van der Waals surface area contributed by atoms with Gasteiger partial charge in [0, 0.05) is 11.1 Å². The first-order valence-corrected chi connectivity index (χ1v) is 6.43. The largest absolute Gasteiger partial charge is 0.296 e. The number of rotatable bonds is 1. The second kappa shape index (κ2) is 3.96. The smallest absolute Gasteiger partial charge is 0.234 e. The average Bonchev–Trinajstić information content (AvgIpc) is 2.73. The van der Waals surface area contributed by atoms with Gasteiger partial charge in [-0.15, -0.1) is 11.3 Å². The molecule has 2 heterocycles. The van der Waals surface area contributed by atoms with Gasteiger partial charge in [-0.2, -0.15) is 0 Å². The maximum Gasteiger partial charge on any atom is 0.234 e. The number of benzene rings is 1. The highest BCUT2D eigenvalue weighted by Gasteiger charge is 2.29. The first-order chi connectivity index (χ1) is 8.25. The van der Waals surface area contributed by atoms with Crippen molar-refractivity contribution < 1.29 is 9.59 Å².